The molecule has 0 aliphatic carbocycles. The van der Waals surface area contributed by atoms with E-state index in [1.165, 1.54) is 7.11 Å². The van der Waals surface area contributed by atoms with Gasteiger partial charge >= 0.3 is 0 Å². The molecule has 1 aliphatic rings. The summed E-state index contributed by atoms with van der Waals surface area (Å²) in [6, 6.07) is 11.0. The number of halogens is 1. The van der Waals surface area contributed by atoms with Gasteiger partial charge in [-0.05, 0) is 48.4 Å². The Morgan fingerprint density at radius 2 is 2.13 bits per heavy atom. The third-order valence-electron chi connectivity index (χ3n) is 6.86. The van der Waals surface area contributed by atoms with Crippen LogP contribution in [0.2, 0.25) is 5.02 Å². The molecule has 0 bridgehead atoms. The number of hydrogen-bond acceptors (Lipinski definition) is 8. The molecular formula is C28H32ClN5O5. The number of benzene rings is 2. The van der Waals surface area contributed by atoms with E-state index in [4.69, 9.17) is 30.8 Å². The van der Waals surface area contributed by atoms with Crippen molar-refractivity contribution in [2.45, 2.75) is 19.1 Å². The maximum Gasteiger partial charge on any atom is 0.261 e. The van der Waals surface area contributed by atoms with Crippen molar-refractivity contribution in [2.75, 3.05) is 57.3 Å². The van der Waals surface area contributed by atoms with Crippen molar-refractivity contribution >= 4 is 34.0 Å². The Kier molecular flexibility index (Phi) is 8.08. The molecule has 206 valence electrons. The van der Waals surface area contributed by atoms with Crippen LogP contribution in [-0.4, -0.2) is 73.2 Å². The molecule has 0 amide bonds. The van der Waals surface area contributed by atoms with Crippen LogP contribution in [0.25, 0.3) is 22.4 Å². The predicted molar refractivity (Wildman–Crippen MR) is 152 cm³/mol. The molecule has 1 saturated heterocycles. The van der Waals surface area contributed by atoms with E-state index >= 15 is 0 Å². The lowest BCUT2D eigenvalue weighted by atomic mass is 10.1. The van der Waals surface area contributed by atoms with Crippen LogP contribution in [0.15, 0.2) is 47.4 Å². The van der Waals surface area contributed by atoms with E-state index in [-0.39, 0.29) is 18.2 Å². The number of aliphatic hydroxyl groups excluding tert-OH is 1. The Labute approximate surface area is 230 Å². The van der Waals surface area contributed by atoms with E-state index in [2.05, 4.69) is 32.3 Å². The van der Waals surface area contributed by atoms with E-state index in [9.17, 15) is 9.90 Å². The second-order valence-electron chi connectivity index (χ2n) is 9.52. The SMILES string of the molecule is COC[C@@H]1CN(c2cc(C)c3nc(-c4c(NC[C@@H](O)c5ccc(OC)c(Cl)c5)cc[nH]c4=O)[nH]c3c2)CCO1. The zero-order valence-electron chi connectivity index (χ0n) is 22.1. The van der Waals surface area contributed by atoms with Crippen molar-refractivity contribution in [3.05, 3.63) is 69.1 Å². The molecule has 2 atom stereocenters. The fraction of sp³-hybridized carbons (Fsp3) is 0.357. The summed E-state index contributed by atoms with van der Waals surface area (Å²) in [5, 5.41) is 14.4. The van der Waals surface area contributed by atoms with Crippen LogP contribution >= 0.6 is 11.6 Å². The number of ether oxygens (including phenoxy) is 3. The Morgan fingerprint density at radius 1 is 1.28 bits per heavy atom. The molecular weight excluding hydrogens is 522 g/mol. The number of anilines is 2. The van der Waals surface area contributed by atoms with Crippen molar-refractivity contribution in [1.29, 1.82) is 0 Å². The summed E-state index contributed by atoms with van der Waals surface area (Å²) in [6.07, 6.45) is 0.709. The Morgan fingerprint density at radius 3 is 2.90 bits per heavy atom. The number of hydrogen-bond donors (Lipinski definition) is 4. The Balaban J connectivity index is 1.41. The lowest BCUT2D eigenvalue weighted by Gasteiger charge is -2.34. The van der Waals surface area contributed by atoms with Crippen molar-refractivity contribution in [3.8, 4) is 17.1 Å². The third-order valence-corrected chi connectivity index (χ3v) is 7.16. The monoisotopic (exact) mass is 553 g/mol. The van der Waals surface area contributed by atoms with E-state index in [1.807, 2.05) is 6.92 Å². The van der Waals surface area contributed by atoms with Crippen LogP contribution in [0.3, 0.4) is 0 Å². The van der Waals surface area contributed by atoms with Crippen molar-refractivity contribution in [2.24, 2.45) is 0 Å². The maximum absolute atomic E-state index is 13.0. The number of aryl methyl sites for hydroxylation is 1. The summed E-state index contributed by atoms with van der Waals surface area (Å²) in [6.45, 7) is 4.84. The lowest BCUT2D eigenvalue weighted by molar-refractivity contribution is -0.0100. The minimum atomic E-state index is -0.864. The standard InChI is InChI=1S/C28H32ClN5O5/c1-16-10-18(34-8-9-39-19(14-34)15-37-2)12-22-26(16)33-27(32-22)25-21(6-7-30-28(25)36)31-13-23(35)17-4-5-24(38-3)20(29)11-17/h4-7,10-12,19,23,35H,8-9,13-15H2,1-3H3,(H,32,33)(H2,30,31,36)/t19-,23+/m0/s1. The molecule has 0 spiro atoms. The number of methoxy groups -OCH3 is 2. The molecule has 1 aliphatic heterocycles. The van der Waals surface area contributed by atoms with E-state index in [0.717, 1.165) is 35.4 Å². The zero-order valence-corrected chi connectivity index (χ0v) is 22.8. The third kappa shape index (κ3) is 5.74. The van der Waals surface area contributed by atoms with Crippen LogP contribution in [0.5, 0.6) is 5.75 Å². The molecule has 0 unspecified atom stereocenters. The fourth-order valence-corrected chi connectivity index (χ4v) is 5.15. The summed E-state index contributed by atoms with van der Waals surface area (Å²) in [5.41, 5.74) is 4.91. The van der Waals surface area contributed by atoms with Gasteiger partial charge < -0.3 is 39.5 Å². The first kappa shape index (κ1) is 27.0. The van der Waals surface area contributed by atoms with Crippen molar-refractivity contribution in [1.82, 2.24) is 15.0 Å². The van der Waals surface area contributed by atoms with Gasteiger partial charge in [0.2, 0.25) is 0 Å². The molecule has 5 rings (SSSR count). The summed E-state index contributed by atoms with van der Waals surface area (Å²) in [7, 11) is 3.21. The lowest BCUT2D eigenvalue weighted by Crippen LogP contribution is -2.44. The van der Waals surface area contributed by atoms with Crippen molar-refractivity contribution in [3.63, 3.8) is 0 Å². The summed E-state index contributed by atoms with van der Waals surface area (Å²) < 4.78 is 16.3. The normalized spacial score (nSPS) is 16.4. The number of morpholine rings is 1. The number of aliphatic hydroxyl groups is 1. The van der Waals surface area contributed by atoms with Gasteiger partial charge in [-0.3, -0.25) is 4.79 Å². The topological polar surface area (TPSA) is 125 Å². The highest BCUT2D eigenvalue weighted by atomic mass is 35.5. The molecule has 2 aromatic heterocycles. The van der Waals surface area contributed by atoms with Gasteiger partial charge in [-0.1, -0.05) is 17.7 Å². The van der Waals surface area contributed by atoms with Gasteiger partial charge in [-0.2, -0.15) is 0 Å². The molecule has 11 heteroatoms. The second kappa shape index (κ2) is 11.7. The summed E-state index contributed by atoms with van der Waals surface area (Å²) >= 11 is 6.22. The van der Waals surface area contributed by atoms with Gasteiger partial charge in [0.1, 0.15) is 17.1 Å². The number of nitrogens with one attached hydrogen (secondary N) is 3. The molecule has 0 radical (unpaired) electrons. The first-order valence-electron chi connectivity index (χ1n) is 12.7. The number of aromatic amines is 2. The molecule has 4 aromatic rings. The molecule has 3 heterocycles. The number of H-pyrrole nitrogens is 2. The van der Waals surface area contributed by atoms with Gasteiger partial charge in [-0.15, -0.1) is 0 Å². The second-order valence-corrected chi connectivity index (χ2v) is 9.93. The highest BCUT2D eigenvalue weighted by molar-refractivity contribution is 6.32. The van der Waals surface area contributed by atoms with Crippen LogP contribution in [0, 0.1) is 6.92 Å². The molecule has 2 aromatic carbocycles. The Hall–Kier alpha value is -3.57. The van der Waals surface area contributed by atoms with Gasteiger partial charge in [0, 0.05) is 38.6 Å². The highest BCUT2D eigenvalue weighted by Gasteiger charge is 2.23. The predicted octanol–water partition coefficient (Wildman–Crippen LogP) is 3.89. The Bertz CT molecular complexity index is 1520. The molecule has 39 heavy (non-hydrogen) atoms. The minimum Gasteiger partial charge on any atom is -0.495 e. The maximum atomic E-state index is 13.0. The number of rotatable bonds is 9. The number of pyridine rings is 1. The van der Waals surface area contributed by atoms with E-state index in [0.29, 0.717) is 46.6 Å². The van der Waals surface area contributed by atoms with Crippen molar-refractivity contribution < 1.29 is 19.3 Å². The number of imidazole rings is 1. The first-order chi connectivity index (χ1) is 18.9. The van der Waals surface area contributed by atoms with Crippen LogP contribution in [0.1, 0.15) is 17.2 Å². The van der Waals surface area contributed by atoms with E-state index in [1.54, 1.807) is 37.6 Å². The number of nitrogens with zero attached hydrogens (tertiary/aromatic N) is 2. The zero-order chi connectivity index (χ0) is 27.5. The molecule has 0 saturated carbocycles. The minimum absolute atomic E-state index is 0.0119. The van der Waals surface area contributed by atoms with Gasteiger partial charge in [0.15, 0.2) is 0 Å². The number of fused-ring (bicyclic) bond motifs is 1. The highest BCUT2D eigenvalue weighted by Crippen LogP contribution is 2.31. The molecule has 1 fully saturated rings. The van der Waals surface area contributed by atoms with E-state index < -0.39 is 6.10 Å². The average molecular weight is 554 g/mol. The van der Waals surface area contributed by atoms with Crippen LogP contribution in [-0.2, 0) is 9.47 Å². The fourth-order valence-electron chi connectivity index (χ4n) is 4.89. The van der Waals surface area contributed by atoms with Gasteiger partial charge in [0.25, 0.3) is 5.56 Å². The molecule has 4 N–H and O–H groups in total. The van der Waals surface area contributed by atoms with Crippen LogP contribution < -0.4 is 20.5 Å². The van der Waals surface area contributed by atoms with Gasteiger partial charge in [-0.25, -0.2) is 4.98 Å². The first-order valence-corrected chi connectivity index (χ1v) is 13.1. The van der Waals surface area contributed by atoms with Gasteiger partial charge in [0.05, 0.1) is 54.3 Å². The quantitative estimate of drug-likeness (QED) is 0.246. The molecule has 10 nitrogen and oxygen atoms in total. The summed E-state index contributed by atoms with van der Waals surface area (Å²) in [5.74, 6) is 0.972. The number of aromatic nitrogens is 3. The smallest absolute Gasteiger partial charge is 0.261 e. The average Bonchev–Trinajstić information content (AvgIpc) is 3.36. The largest absolute Gasteiger partial charge is 0.495 e. The van der Waals surface area contributed by atoms with Crippen LogP contribution in [0.4, 0.5) is 11.4 Å². The summed E-state index contributed by atoms with van der Waals surface area (Å²) in [4.78, 5) is 26.1.